The molecule has 1 aromatic rings. The smallest absolute Gasteiger partial charge is 0.242 e. The standard InChI is InChI=1S/C15H23ClN2O2S/c1-2-14(11-6-4-3-5-7-11)18-21(19,20)15-10-12(17)8-9-13(15)16/h8-11,14,18H,2-7,17H2,1H3. The Balaban J connectivity index is 2.20. The van der Waals surface area contributed by atoms with Crippen molar-refractivity contribution in [2.45, 2.75) is 56.4 Å². The molecule has 1 aliphatic carbocycles. The van der Waals surface area contributed by atoms with Gasteiger partial charge < -0.3 is 5.73 Å². The van der Waals surface area contributed by atoms with E-state index < -0.39 is 10.0 Å². The molecular weight excluding hydrogens is 308 g/mol. The quantitative estimate of drug-likeness (QED) is 0.811. The van der Waals surface area contributed by atoms with E-state index in [9.17, 15) is 8.42 Å². The molecule has 0 aliphatic heterocycles. The second-order valence-corrected chi connectivity index (χ2v) is 7.81. The number of anilines is 1. The average molecular weight is 331 g/mol. The molecule has 0 bridgehead atoms. The van der Waals surface area contributed by atoms with Crippen LogP contribution in [0.5, 0.6) is 0 Å². The minimum absolute atomic E-state index is 0.0344. The van der Waals surface area contributed by atoms with Gasteiger partial charge in [-0.25, -0.2) is 13.1 Å². The van der Waals surface area contributed by atoms with E-state index in [-0.39, 0.29) is 16.0 Å². The molecule has 2 rings (SSSR count). The average Bonchev–Trinajstić information content (AvgIpc) is 2.48. The number of sulfonamides is 1. The summed E-state index contributed by atoms with van der Waals surface area (Å²) < 4.78 is 28.0. The van der Waals surface area contributed by atoms with Crippen LogP contribution < -0.4 is 10.5 Å². The lowest BCUT2D eigenvalue weighted by Crippen LogP contribution is -2.40. The van der Waals surface area contributed by atoms with Crippen molar-refractivity contribution in [3.05, 3.63) is 23.2 Å². The van der Waals surface area contributed by atoms with E-state index in [2.05, 4.69) is 4.72 Å². The van der Waals surface area contributed by atoms with Crippen molar-refractivity contribution < 1.29 is 8.42 Å². The summed E-state index contributed by atoms with van der Waals surface area (Å²) in [6.45, 7) is 2.02. The van der Waals surface area contributed by atoms with E-state index in [4.69, 9.17) is 17.3 Å². The molecular formula is C15H23ClN2O2S. The van der Waals surface area contributed by atoms with Gasteiger partial charge in [-0.2, -0.15) is 0 Å². The van der Waals surface area contributed by atoms with Crippen LogP contribution in [-0.2, 0) is 10.0 Å². The lowest BCUT2D eigenvalue weighted by Gasteiger charge is -2.30. The van der Waals surface area contributed by atoms with Gasteiger partial charge in [0.15, 0.2) is 0 Å². The number of halogens is 1. The fourth-order valence-corrected chi connectivity index (χ4v) is 4.96. The Morgan fingerprint density at radius 1 is 1.33 bits per heavy atom. The van der Waals surface area contributed by atoms with Gasteiger partial charge in [0.25, 0.3) is 0 Å². The number of nitrogens with one attached hydrogen (secondary N) is 1. The molecule has 1 atom stereocenters. The van der Waals surface area contributed by atoms with Crippen LogP contribution in [0.2, 0.25) is 5.02 Å². The molecule has 1 unspecified atom stereocenters. The minimum Gasteiger partial charge on any atom is -0.399 e. The Morgan fingerprint density at radius 2 is 2.00 bits per heavy atom. The second-order valence-electron chi connectivity index (χ2n) is 5.72. The molecule has 0 amide bonds. The maximum atomic E-state index is 12.6. The first-order valence-corrected chi connectivity index (χ1v) is 9.37. The monoisotopic (exact) mass is 330 g/mol. The minimum atomic E-state index is -3.64. The molecule has 0 saturated heterocycles. The van der Waals surface area contributed by atoms with Gasteiger partial charge in [0.1, 0.15) is 4.90 Å². The molecule has 118 valence electrons. The third kappa shape index (κ3) is 4.11. The van der Waals surface area contributed by atoms with Crippen LogP contribution in [0.25, 0.3) is 0 Å². The topological polar surface area (TPSA) is 72.2 Å². The molecule has 3 N–H and O–H groups in total. The summed E-state index contributed by atoms with van der Waals surface area (Å²) in [5.74, 6) is 0.415. The summed E-state index contributed by atoms with van der Waals surface area (Å²) in [5, 5.41) is 0.204. The zero-order valence-electron chi connectivity index (χ0n) is 12.3. The third-order valence-corrected chi connectivity index (χ3v) is 6.18. The molecule has 1 aromatic carbocycles. The number of hydrogen-bond donors (Lipinski definition) is 2. The van der Waals surface area contributed by atoms with E-state index in [1.165, 1.54) is 31.4 Å². The molecule has 21 heavy (non-hydrogen) atoms. The highest BCUT2D eigenvalue weighted by Crippen LogP contribution is 2.30. The fourth-order valence-electron chi connectivity index (χ4n) is 3.04. The third-order valence-electron chi connectivity index (χ3n) is 4.21. The molecule has 1 saturated carbocycles. The maximum absolute atomic E-state index is 12.6. The number of rotatable bonds is 5. The number of hydrogen-bond acceptors (Lipinski definition) is 3. The van der Waals surface area contributed by atoms with Crippen molar-refractivity contribution in [3.8, 4) is 0 Å². The molecule has 4 nitrogen and oxygen atoms in total. The SMILES string of the molecule is CCC(NS(=O)(=O)c1cc(N)ccc1Cl)C1CCCCC1. The Labute approximate surface area is 132 Å². The van der Waals surface area contributed by atoms with E-state index in [0.717, 1.165) is 19.3 Å². The molecule has 1 aliphatic rings. The Bertz CT molecular complexity index is 583. The van der Waals surface area contributed by atoms with Gasteiger partial charge in [0.2, 0.25) is 10.0 Å². The van der Waals surface area contributed by atoms with E-state index >= 15 is 0 Å². The van der Waals surface area contributed by atoms with Gasteiger partial charge in [-0.1, -0.05) is 37.8 Å². The number of nitrogens with two attached hydrogens (primary N) is 1. The highest BCUT2D eigenvalue weighted by Gasteiger charge is 2.28. The zero-order valence-corrected chi connectivity index (χ0v) is 13.9. The van der Waals surface area contributed by atoms with E-state index in [1.54, 1.807) is 6.07 Å². The van der Waals surface area contributed by atoms with Crippen molar-refractivity contribution in [3.63, 3.8) is 0 Å². The summed E-state index contributed by atoms with van der Waals surface area (Å²) in [6.07, 6.45) is 6.58. The van der Waals surface area contributed by atoms with Crippen LogP contribution in [-0.4, -0.2) is 14.5 Å². The van der Waals surface area contributed by atoms with Gasteiger partial charge >= 0.3 is 0 Å². The first-order chi connectivity index (χ1) is 9.94. The summed E-state index contributed by atoms with van der Waals surface area (Å²) in [6, 6.07) is 4.50. The van der Waals surface area contributed by atoms with Crippen molar-refractivity contribution in [2.75, 3.05) is 5.73 Å². The highest BCUT2D eigenvalue weighted by atomic mass is 35.5. The van der Waals surface area contributed by atoms with E-state index in [0.29, 0.717) is 11.6 Å². The molecule has 0 heterocycles. The van der Waals surface area contributed by atoms with Gasteiger partial charge in [-0.05, 0) is 43.4 Å². The largest absolute Gasteiger partial charge is 0.399 e. The molecule has 0 spiro atoms. The van der Waals surface area contributed by atoms with Crippen molar-refractivity contribution in [1.82, 2.24) is 4.72 Å². The maximum Gasteiger partial charge on any atom is 0.242 e. The lowest BCUT2D eigenvalue weighted by atomic mass is 9.83. The summed E-state index contributed by atoms with van der Waals surface area (Å²) in [5.41, 5.74) is 6.07. The predicted octanol–water partition coefficient (Wildman–Crippen LogP) is 3.56. The molecule has 0 aromatic heterocycles. The summed E-state index contributed by atoms with van der Waals surface area (Å²) in [7, 11) is -3.64. The Kier molecular flexibility index (Phi) is 5.52. The zero-order chi connectivity index (χ0) is 15.5. The van der Waals surface area contributed by atoms with Crippen LogP contribution in [0, 0.1) is 5.92 Å². The Morgan fingerprint density at radius 3 is 2.62 bits per heavy atom. The fraction of sp³-hybridized carbons (Fsp3) is 0.600. The second kappa shape index (κ2) is 6.99. The van der Waals surface area contributed by atoms with Crippen molar-refractivity contribution in [1.29, 1.82) is 0 Å². The van der Waals surface area contributed by atoms with Gasteiger partial charge in [0, 0.05) is 11.7 Å². The highest BCUT2D eigenvalue weighted by molar-refractivity contribution is 7.89. The van der Waals surface area contributed by atoms with Crippen molar-refractivity contribution in [2.24, 2.45) is 5.92 Å². The van der Waals surface area contributed by atoms with Crippen LogP contribution in [0.15, 0.2) is 23.1 Å². The molecule has 0 radical (unpaired) electrons. The van der Waals surface area contributed by atoms with Gasteiger partial charge in [-0.3, -0.25) is 0 Å². The summed E-state index contributed by atoms with van der Waals surface area (Å²) in [4.78, 5) is 0.0680. The van der Waals surface area contributed by atoms with Crippen LogP contribution in [0.3, 0.4) is 0 Å². The van der Waals surface area contributed by atoms with Crippen LogP contribution >= 0.6 is 11.6 Å². The lowest BCUT2D eigenvalue weighted by molar-refractivity contribution is 0.285. The van der Waals surface area contributed by atoms with Crippen LogP contribution in [0.4, 0.5) is 5.69 Å². The first-order valence-electron chi connectivity index (χ1n) is 7.51. The summed E-state index contributed by atoms with van der Waals surface area (Å²) >= 11 is 6.02. The predicted molar refractivity (Wildman–Crippen MR) is 86.8 cm³/mol. The molecule has 6 heteroatoms. The van der Waals surface area contributed by atoms with E-state index in [1.807, 2.05) is 6.92 Å². The van der Waals surface area contributed by atoms with Gasteiger partial charge in [-0.15, -0.1) is 0 Å². The van der Waals surface area contributed by atoms with Crippen molar-refractivity contribution >= 4 is 27.3 Å². The first kappa shape index (κ1) is 16.6. The molecule has 1 fully saturated rings. The normalized spacial score (nSPS) is 18.6. The van der Waals surface area contributed by atoms with Gasteiger partial charge in [0.05, 0.1) is 5.02 Å². The Hall–Kier alpha value is -0.780. The number of benzene rings is 1. The number of nitrogen functional groups attached to an aromatic ring is 1. The van der Waals surface area contributed by atoms with Crippen LogP contribution in [0.1, 0.15) is 45.4 Å².